The molecule has 0 radical (unpaired) electrons. The summed E-state index contributed by atoms with van der Waals surface area (Å²) in [7, 11) is 0. The molecule has 1 heterocycles. The lowest BCUT2D eigenvalue weighted by atomic mass is 10.0. The van der Waals surface area contributed by atoms with Gasteiger partial charge in [-0.15, -0.1) is 0 Å². The molecule has 7 nitrogen and oxygen atoms in total. The number of ether oxygens (including phenoxy) is 2. The molecule has 0 saturated carbocycles. The van der Waals surface area contributed by atoms with Crippen LogP contribution in [0.4, 0.5) is 18.0 Å². The highest BCUT2D eigenvalue weighted by Crippen LogP contribution is 2.29. The second kappa shape index (κ2) is 8.77. The SMILES string of the molecule is CCOC(=O)C1=C(COC(=O)c2cccc(C(F)(F)F)c2)NC(=O)N[C@H]1CC. The Kier molecular flexibility index (Phi) is 6.66. The van der Waals surface area contributed by atoms with Crippen LogP contribution in [0.2, 0.25) is 0 Å². The Balaban J connectivity index is 2.23. The van der Waals surface area contributed by atoms with Gasteiger partial charge in [0.25, 0.3) is 0 Å². The van der Waals surface area contributed by atoms with E-state index in [0.29, 0.717) is 12.5 Å². The quantitative estimate of drug-likeness (QED) is 0.717. The minimum Gasteiger partial charge on any atom is -0.463 e. The van der Waals surface area contributed by atoms with Crippen LogP contribution in [0.3, 0.4) is 0 Å². The Morgan fingerprint density at radius 3 is 2.46 bits per heavy atom. The van der Waals surface area contributed by atoms with Gasteiger partial charge in [-0.3, -0.25) is 0 Å². The fourth-order valence-electron chi connectivity index (χ4n) is 2.62. The lowest BCUT2D eigenvalue weighted by molar-refractivity contribution is -0.139. The molecule has 2 N–H and O–H groups in total. The zero-order chi connectivity index (χ0) is 20.9. The van der Waals surface area contributed by atoms with Crippen molar-refractivity contribution in [2.75, 3.05) is 13.2 Å². The van der Waals surface area contributed by atoms with Crippen molar-refractivity contribution in [3.8, 4) is 0 Å². The van der Waals surface area contributed by atoms with Crippen LogP contribution in [-0.2, 0) is 20.4 Å². The number of rotatable bonds is 6. The normalized spacial score (nSPS) is 16.9. The van der Waals surface area contributed by atoms with Crippen LogP contribution in [0.15, 0.2) is 35.5 Å². The van der Waals surface area contributed by atoms with Crippen LogP contribution in [0, 0.1) is 0 Å². The second-order valence-corrected chi connectivity index (χ2v) is 5.83. The van der Waals surface area contributed by atoms with Gasteiger partial charge in [-0.05, 0) is 31.5 Å². The molecule has 0 unspecified atom stereocenters. The summed E-state index contributed by atoms with van der Waals surface area (Å²) in [6.07, 6.45) is -4.22. The number of carbonyl (C=O) groups is 3. The molecule has 1 aromatic rings. The highest BCUT2D eigenvalue weighted by Gasteiger charge is 2.33. The number of halogens is 3. The molecule has 0 fully saturated rings. The zero-order valence-corrected chi connectivity index (χ0v) is 15.2. The maximum Gasteiger partial charge on any atom is 0.416 e. The highest BCUT2D eigenvalue weighted by atomic mass is 19.4. The Bertz CT molecular complexity index is 805. The van der Waals surface area contributed by atoms with Gasteiger partial charge in [0.05, 0.1) is 35.0 Å². The van der Waals surface area contributed by atoms with Crippen LogP contribution in [0.25, 0.3) is 0 Å². The highest BCUT2D eigenvalue weighted by molar-refractivity contribution is 5.95. The first-order chi connectivity index (χ1) is 13.2. The molecule has 28 heavy (non-hydrogen) atoms. The average molecular weight is 400 g/mol. The summed E-state index contributed by atoms with van der Waals surface area (Å²) in [6, 6.07) is 2.52. The van der Waals surface area contributed by atoms with Crippen molar-refractivity contribution in [1.29, 1.82) is 0 Å². The topological polar surface area (TPSA) is 93.7 Å². The Morgan fingerprint density at radius 1 is 1.14 bits per heavy atom. The first kappa shape index (κ1) is 21.3. The number of carbonyl (C=O) groups excluding carboxylic acids is 3. The van der Waals surface area contributed by atoms with Crippen LogP contribution in [0.5, 0.6) is 0 Å². The number of urea groups is 1. The Morgan fingerprint density at radius 2 is 1.86 bits per heavy atom. The minimum atomic E-state index is -4.60. The van der Waals surface area contributed by atoms with Crippen molar-refractivity contribution >= 4 is 18.0 Å². The molecule has 1 aliphatic rings. The maximum atomic E-state index is 12.8. The van der Waals surface area contributed by atoms with Gasteiger partial charge in [0.15, 0.2) is 0 Å². The van der Waals surface area contributed by atoms with E-state index in [2.05, 4.69) is 10.6 Å². The van der Waals surface area contributed by atoms with Crippen molar-refractivity contribution in [3.05, 3.63) is 46.7 Å². The number of esters is 2. The van der Waals surface area contributed by atoms with Gasteiger partial charge in [0.2, 0.25) is 0 Å². The first-order valence-electron chi connectivity index (χ1n) is 8.49. The molecule has 0 spiro atoms. The predicted molar refractivity (Wildman–Crippen MR) is 91.1 cm³/mol. The second-order valence-electron chi connectivity index (χ2n) is 5.83. The zero-order valence-electron chi connectivity index (χ0n) is 15.2. The number of benzene rings is 1. The fraction of sp³-hybridized carbons (Fsp3) is 0.389. The van der Waals surface area contributed by atoms with Gasteiger partial charge in [0.1, 0.15) is 6.61 Å². The van der Waals surface area contributed by atoms with Crippen molar-refractivity contribution in [3.63, 3.8) is 0 Å². The van der Waals surface area contributed by atoms with Crippen molar-refractivity contribution in [1.82, 2.24) is 10.6 Å². The summed E-state index contributed by atoms with van der Waals surface area (Å²) in [5.74, 6) is -1.71. The standard InChI is InChI=1S/C18H19F3N2O5/c1-3-12-14(16(25)27-4-2)13(23-17(26)22-12)9-28-15(24)10-6-5-7-11(8-10)18(19,20)21/h5-8,12H,3-4,9H2,1-2H3,(H2,22,23,26)/t12-/m0/s1. The monoisotopic (exact) mass is 400 g/mol. The fourth-order valence-corrected chi connectivity index (χ4v) is 2.62. The molecule has 0 aliphatic carbocycles. The molecule has 1 atom stereocenters. The summed E-state index contributed by atoms with van der Waals surface area (Å²) in [5.41, 5.74) is -1.18. The number of alkyl halides is 3. The van der Waals surface area contributed by atoms with Crippen molar-refractivity contribution < 1.29 is 37.0 Å². The molecule has 10 heteroatoms. The molecule has 2 amide bonds. The van der Waals surface area contributed by atoms with E-state index >= 15 is 0 Å². The third kappa shape index (κ3) is 5.02. The molecular formula is C18H19F3N2O5. The molecule has 1 aliphatic heterocycles. The Hall–Kier alpha value is -3.04. The van der Waals surface area contributed by atoms with Gasteiger partial charge in [-0.2, -0.15) is 13.2 Å². The molecule has 2 rings (SSSR count). The first-order valence-corrected chi connectivity index (χ1v) is 8.49. The van der Waals surface area contributed by atoms with Crippen LogP contribution >= 0.6 is 0 Å². The minimum absolute atomic E-state index is 0.0226. The molecule has 0 aromatic heterocycles. The van der Waals surface area contributed by atoms with E-state index in [9.17, 15) is 27.6 Å². The van der Waals surface area contributed by atoms with Crippen LogP contribution < -0.4 is 10.6 Å². The smallest absolute Gasteiger partial charge is 0.416 e. The third-order valence-corrected chi connectivity index (χ3v) is 3.92. The van der Waals surface area contributed by atoms with Gasteiger partial charge in [-0.25, -0.2) is 14.4 Å². The lowest BCUT2D eigenvalue weighted by Gasteiger charge is -2.28. The predicted octanol–water partition coefficient (Wildman–Crippen LogP) is 2.77. The molecule has 0 bridgehead atoms. The van der Waals surface area contributed by atoms with E-state index in [4.69, 9.17) is 9.47 Å². The van der Waals surface area contributed by atoms with Crippen molar-refractivity contribution in [2.45, 2.75) is 32.5 Å². The van der Waals surface area contributed by atoms with Crippen LogP contribution in [-0.4, -0.2) is 37.2 Å². The average Bonchev–Trinajstić information content (AvgIpc) is 2.65. The molecule has 0 saturated heterocycles. The largest absolute Gasteiger partial charge is 0.463 e. The summed E-state index contributed by atoms with van der Waals surface area (Å²) in [6.45, 7) is 2.94. The van der Waals surface area contributed by atoms with E-state index in [1.807, 2.05) is 0 Å². The van der Waals surface area contributed by atoms with E-state index in [1.54, 1.807) is 13.8 Å². The van der Waals surface area contributed by atoms with E-state index in [1.165, 1.54) is 6.07 Å². The summed E-state index contributed by atoms with van der Waals surface area (Å²) < 4.78 is 48.3. The maximum absolute atomic E-state index is 12.8. The van der Waals surface area contributed by atoms with E-state index < -0.39 is 42.4 Å². The summed E-state index contributed by atoms with van der Waals surface area (Å²) in [4.78, 5) is 36.1. The van der Waals surface area contributed by atoms with E-state index in [-0.39, 0.29) is 23.4 Å². The number of hydrogen-bond donors (Lipinski definition) is 2. The number of hydrogen-bond acceptors (Lipinski definition) is 5. The van der Waals surface area contributed by atoms with Gasteiger partial charge in [-0.1, -0.05) is 13.0 Å². The lowest BCUT2D eigenvalue weighted by Crippen LogP contribution is -2.51. The van der Waals surface area contributed by atoms with E-state index in [0.717, 1.165) is 12.1 Å². The van der Waals surface area contributed by atoms with Crippen molar-refractivity contribution in [2.24, 2.45) is 0 Å². The van der Waals surface area contributed by atoms with Crippen LogP contribution in [0.1, 0.15) is 36.2 Å². The number of amides is 2. The van der Waals surface area contributed by atoms with Gasteiger partial charge < -0.3 is 20.1 Å². The molecule has 1 aromatic carbocycles. The Labute approximate surface area is 158 Å². The molecule has 152 valence electrons. The van der Waals surface area contributed by atoms with Gasteiger partial charge in [0, 0.05) is 0 Å². The third-order valence-electron chi connectivity index (χ3n) is 3.92. The summed E-state index contributed by atoms with van der Waals surface area (Å²) >= 11 is 0. The summed E-state index contributed by atoms with van der Waals surface area (Å²) in [5, 5.41) is 4.94. The number of nitrogens with one attached hydrogen (secondary N) is 2. The van der Waals surface area contributed by atoms with Gasteiger partial charge >= 0.3 is 24.1 Å². The molecular weight excluding hydrogens is 381 g/mol.